The van der Waals surface area contributed by atoms with Gasteiger partial charge in [-0.05, 0) is 41.5 Å². The number of hydrogen-bond donors (Lipinski definition) is 2. The third-order valence-corrected chi connectivity index (χ3v) is 5.61. The number of rotatable bonds is 8. The van der Waals surface area contributed by atoms with Crippen LogP contribution in [0.25, 0.3) is 0 Å². The maximum absolute atomic E-state index is 12.2. The molecule has 5 nitrogen and oxygen atoms in total. The lowest BCUT2D eigenvalue weighted by atomic mass is 9.91. The van der Waals surface area contributed by atoms with Gasteiger partial charge in [0.25, 0.3) is 5.91 Å². The number of hydrogen-bond acceptors (Lipinski definition) is 3. The second-order valence-electron chi connectivity index (χ2n) is 8.56. The van der Waals surface area contributed by atoms with E-state index in [4.69, 9.17) is 0 Å². The van der Waals surface area contributed by atoms with Crippen LogP contribution in [0.5, 0.6) is 0 Å². The van der Waals surface area contributed by atoms with E-state index in [1.165, 1.54) is 12.0 Å². The van der Waals surface area contributed by atoms with Crippen molar-refractivity contribution in [1.82, 2.24) is 15.5 Å². The Labute approximate surface area is 179 Å². The van der Waals surface area contributed by atoms with Crippen LogP contribution in [0.3, 0.4) is 0 Å². The van der Waals surface area contributed by atoms with Gasteiger partial charge in [-0.3, -0.25) is 14.5 Å². The predicted molar refractivity (Wildman–Crippen MR) is 120 cm³/mol. The van der Waals surface area contributed by atoms with Gasteiger partial charge in [0.15, 0.2) is 0 Å². The zero-order valence-electron chi connectivity index (χ0n) is 18.1. The summed E-state index contributed by atoms with van der Waals surface area (Å²) in [6.07, 6.45) is 1.57. The summed E-state index contributed by atoms with van der Waals surface area (Å²) in [5.74, 6) is 1.25. The van der Waals surface area contributed by atoms with E-state index in [9.17, 15) is 9.59 Å². The molecule has 1 heterocycles. The number of carbonyl (C=O) groups excluding carboxylic acids is 2. The highest BCUT2D eigenvalue weighted by Crippen LogP contribution is 2.23. The minimum Gasteiger partial charge on any atom is -0.352 e. The van der Waals surface area contributed by atoms with Crippen molar-refractivity contribution in [2.24, 2.45) is 11.8 Å². The maximum atomic E-state index is 12.2. The lowest BCUT2D eigenvalue weighted by Gasteiger charge is -2.35. The van der Waals surface area contributed by atoms with Gasteiger partial charge in [0.05, 0.1) is 0 Å². The fourth-order valence-electron chi connectivity index (χ4n) is 4.31. The van der Waals surface area contributed by atoms with Gasteiger partial charge in [-0.25, -0.2) is 0 Å². The molecule has 1 saturated heterocycles. The Morgan fingerprint density at radius 1 is 0.900 bits per heavy atom. The Kier molecular flexibility index (Phi) is 8.03. The summed E-state index contributed by atoms with van der Waals surface area (Å²) in [6, 6.07) is 17.4. The molecular formula is C25H33N3O2. The molecule has 0 bridgehead atoms. The van der Waals surface area contributed by atoms with Crippen LogP contribution in [0.15, 0.2) is 54.6 Å². The van der Waals surface area contributed by atoms with Crippen molar-refractivity contribution in [2.75, 3.05) is 19.6 Å². The van der Waals surface area contributed by atoms with Crippen LogP contribution in [0, 0.1) is 11.8 Å². The third-order valence-electron chi connectivity index (χ3n) is 5.61. The van der Waals surface area contributed by atoms with E-state index in [1.54, 1.807) is 12.1 Å². The molecule has 160 valence electrons. The lowest BCUT2D eigenvalue weighted by molar-refractivity contribution is -0.121. The van der Waals surface area contributed by atoms with Crippen LogP contribution in [0.2, 0.25) is 0 Å². The highest BCUT2D eigenvalue weighted by molar-refractivity contribution is 5.94. The van der Waals surface area contributed by atoms with E-state index in [2.05, 4.69) is 47.6 Å². The van der Waals surface area contributed by atoms with Gasteiger partial charge in [-0.1, -0.05) is 56.3 Å². The van der Waals surface area contributed by atoms with Crippen LogP contribution in [0.4, 0.5) is 0 Å². The van der Waals surface area contributed by atoms with Crippen molar-refractivity contribution in [2.45, 2.75) is 39.8 Å². The molecule has 0 aromatic heterocycles. The smallest absolute Gasteiger partial charge is 0.251 e. The first-order chi connectivity index (χ1) is 14.5. The van der Waals surface area contributed by atoms with Gasteiger partial charge in [0.2, 0.25) is 5.91 Å². The second-order valence-corrected chi connectivity index (χ2v) is 8.56. The van der Waals surface area contributed by atoms with Gasteiger partial charge in [0, 0.05) is 44.7 Å². The third kappa shape index (κ3) is 6.70. The summed E-state index contributed by atoms with van der Waals surface area (Å²) < 4.78 is 0. The highest BCUT2D eigenvalue weighted by atomic mass is 16.2. The molecular weight excluding hydrogens is 374 g/mol. The molecule has 1 aliphatic heterocycles. The average Bonchev–Trinajstić information content (AvgIpc) is 2.73. The molecule has 0 aliphatic carbocycles. The highest BCUT2D eigenvalue weighted by Gasteiger charge is 2.22. The molecule has 5 heteroatoms. The molecule has 1 fully saturated rings. The first-order valence-corrected chi connectivity index (χ1v) is 10.9. The standard InChI is InChI=1S/C25H33N3O2/c1-19-14-20(2)17-28(16-19)18-23-11-7-6-10-22(23)15-27-24(29)12-13-26-25(30)21-8-4-3-5-9-21/h3-11,19-20H,12-18H2,1-2H3,(H,26,30)(H,27,29)/t19-,20-/m1/s1. The number of nitrogens with one attached hydrogen (secondary N) is 2. The topological polar surface area (TPSA) is 61.4 Å². The molecule has 0 saturated carbocycles. The first kappa shape index (κ1) is 22.0. The Hall–Kier alpha value is -2.66. The zero-order chi connectivity index (χ0) is 21.3. The Balaban J connectivity index is 1.45. The molecule has 1 aliphatic rings. The van der Waals surface area contributed by atoms with Crippen LogP contribution in [-0.4, -0.2) is 36.3 Å². The summed E-state index contributed by atoms with van der Waals surface area (Å²) in [6.45, 7) is 8.67. The second kappa shape index (κ2) is 10.9. The van der Waals surface area contributed by atoms with Gasteiger partial charge >= 0.3 is 0 Å². The maximum Gasteiger partial charge on any atom is 0.251 e. The number of benzene rings is 2. The number of piperidine rings is 1. The molecule has 30 heavy (non-hydrogen) atoms. The summed E-state index contributed by atoms with van der Waals surface area (Å²) in [7, 11) is 0. The van der Waals surface area contributed by atoms with E-state index in [0.717, 1.165) is 37.0 Å². The zero-order valence-corrected chi connectivity index (χ0v) is 18.1. The van der Waals surface area contributed by atoms with Gasteiger partial charge < -0.3 is 10.6 Å². The van der Waals surface area contributed by atoms with E-state index < -0.39 is 0 Å². The molecule has 2 atom stereocenters. The van der Waals surface area contributed by atoms with Crippen molar-refractivity contribution < 1.29 is 9.59 Å². The van der Waals surface area contributed by atoms with Crippen LogP contribution >= 0.6 is 0 Å². The van der Waals surface area contributed by atoms with Gasteiger partial charge in [-0.2, -0.15) is 0 Å². The van der Waals surface area contributed by atoms with E-state index in [1.807, 2.05) is 24.3 Å². The van der Waals surface area contributed by atoms with Crippen molar-refractivity contribution in [3.63, 3.8) is 0 Å². The Morgan fingerprint density at radius 3 is 2.23 bits per heavy atom. The van der Waals surface area contributed by atoms with Crippen LogP contribution in [0.1, 0.15) is 48.2 Å². The van der Waals surface area contributed by atoms with Crippen molar-refractivity contribution in [3.8, 4) is 0 Å². The fourth-order valence-corrected chi connectivity index (χ4v) is 4.31. The molecule has 2 amide bonds. The summed E-state index contributed by atoms with van der Waals surface area (Å²) >= 11 is 0. The van der Waals surface area contributed by atoms with Crippen molar-refractivity contribution in [1.29, 1.82) is 0 Å². The van der Waals surface area contributed by atoms with Gasteiger partial charge in [-0.15, -0.1) is 0 Å². The number of likely N-dealkylation sites (tertiary alicyclic amines) is 1. The minimum atomic E-state index is -0.154. The fraction of sp³-hybridized carbons (Fsp3) is 0.440. The van der Waals surface area contributed by atoms with E-state index >= 15 is 0 Å². The molecule has 2 N–H and O–H groups in total. The molecule has 0 unspecified atom stereocenters. The molecule has 2 aromatic carbocycles. The lowest BCUT2D eigenvalue weighted by Crippen LogP contribution is -2.38. The van der Waals surface area contributed by atoms with Crippen molar-refractivity contribution in [3.05, 3.63) is 71.3 Å². The van der Waals surface area contributed by atoms with Crippen molar-refractivity contribution >= 4 is 11.8 Å². The number of amides is 2. The monoisotopic (exact) mass is 407 g/mol. The number of nitrogens with zero attached hydrogens (tertiary/aromatic N) is 1. The normalized spacial score (nSPS) is 19.3. The SMILES string of the molecule is C[C@@H]1C[C@@H](C)CN(Cc2ccccc2CNC(=O)CCNC(=O)c2ccccc2)C1. The van der Waals surface area contributed by atoms with Crippen LogP contribution < -0.4 is 10.6 Å². The Morgan fingerprint density at radius 2 is 1.53 bits per heavy atom. The number of carbonyl (C=O) groups is 2. The minimum absolute atomic E-state index is 0.0571. The van der Waals surface area contributed by atoms with E-state index in [0.29, 0.717) is 18.7 Å². The predicted octanol–water partition coefficient (Wildman–Crippen LogP) is 3.60. The summed E-state index contributed by atoms with van der Waals surface area (Å²) in [5.41, 5.74) is 3.04. The molecule has 3 rings (SSSR count). The van der Waals surface area contributed by atoms with E-state index in [-0.39, 0.29) is 18.2 Å². The summed E-state index contributed by atoms with van der Waals surface area (Å²) in [5, 5.41) is 5.79. The largest absolute Gasteiger partial charge is 0.352 e. The quantitative estimate of drug-likeness (QED) is 0.703. The van der Waals surface area contributed by atoms with Crippen LogP contribution in [-0.2, 0) is 17.9 Å². The molecule has 0 spiro atoms. The van der Waals surface area contributed by atoms with Gasteiger partial charge in [0.1, 0.15) is 0 Å². The molecule has 0 radical (unpaired) electrons. The Bertz CT molecular complexity index is 827. The molecule has 2 aromatic rings. The first-order valence-electron chi connectivity index (χ1n) is 10.9. The average molecular weight is 408 g/mol. The summed E-state index contributed by atoms with van der Waals surface area (Å²) in [4.78, 5) is 26.8.